The molecule has 3 aromatic rings. The summed E-state index contributed by atoms with van der Waals surface area (Å²) >= 11 is 0. The Kier molecular flexibility index (Phi) is 6.09. The van der Waals surface area contributed by atoms with Gasteiger partial charge in [0.15, 0.2) is 11.6 Å². The summed E-state index contributed by atoms with van der Waals surface area (Å²) in [6, 6.07) is 5.22. The summed E-state index contributed by atoms with van der Waals surface area (Å²) in [4.78, 5) is 12.7. The molecule has 0 saturated carbocycles. The van der Waals surface area contributed by atoms with E-state index in [0.29, 0.717) is 17.5 Å². The monoisotopic (exact) mass is 420 g/mol. The number of nitrogens with one attached hydrogen (secondary N) is 2. The molecule has 2 heterocycles. The number of aromatic nitrogens is 4. The summed E-state index contributed by atoms with van der Waals surface area (Å²) in [7, 11) is -2.54. The van der Waals surface area contributed by atoms with E-state index in [0.717, 1.165) is 11.9 Å². The lowest BCUT2D eigenvalue weighted by Gasteiger charge is -2.11. The van der Waals surface area contributed by atoms with Crippen molar-refractivity contribution < 1.29 is 17.5 Å². The third kappa shape index (κ3) is 4.87. The normalized spacial score (nSPS) is 11.4. The molecule has 0 fully saturated rings. The van der Waals surface area contributed by atoms with Crippen LogP contribution < -0.4 is 14.8 Å². The topological polar surface area (TPSA) is 111 Å². The molecule has 9 nitrogen and oxygen atoms in total. The zero-order valence-corrected chi connectivity index (χ0v) is 17.0. The maximum atomic E-state index is 13.8. The molecule has 154 valence electrons. The van der Waals surface area contributed by atoms with Crippen molar-refractivity contribution in [3.05, 3.63) is 54.1 Å². The minimum atomic E-state index is -3.85. The molecule has 2 aromatic heterocycles. The predicted octanol–water partition coefficient (Wildman–Crippen LogP) is 1.82. The van der Waals surface area contributed by atoms with Crippen LogP contribution in [-0.2, 0) is 10.0 Å². The number of rotatable bonds is 8. The summed E-state index contributed by atoms with van der Waals surface area (Å²) < 4.78 is 47.4. The Labute approximate surface area is 168 Å². The van der Waals surface area contributed by atoms with E-state index in [4.69, 9.17) is 4.74 Å². The van der Waals surface area contributed by atoms with Crippen LogP contribution in [0.4, 0.5) is 10.2 Å². The maximum Gasteiger partial charge on any atom is 0.240 e. The molecule has 3 rings (SSSR count). The maximum absolute atomic E-state index is 13.8. The first-order valence-corrected chi connectivity index (χ1v) is 10.2. The van der Waals surface area contributed by atoms with Crippen LogP contribution in [0.5, 0.6) is 5.75 Å². The Morgan fingerprint density at radius 1 is 1.17 bits per heavy atom. The standard InChI is InChI=1S/C18H21FN6O3S/c1-12-23-17(11-18(24-12)25-9-8-20-13(25)2)21-6-7-22-29(26,27)14-4-5-16(28-3)15(19)10-14/h4-5,8-11,22H,6-7H2,1-3H3,(H,21,23,24). The predicted molar refractivity (Wildman–Crippen MR) is 105 cm³/mol. The van der Waals surface area contributed by atoms with Crippen LogP contribution in [0.15, 0.2) is 41.6 Å². The number of nitrogens with zero attached hydrogens (tertiary/aromatic N) is 4. The van der Waals surface area contributed by atoms with Gasteiger partial charge in [-0.15, -0.1) is 0 Å². The van der Waals surface area contributed by atoms with Crippen molar-refractivity contribution in [2.75, 3.05) is 25.5 Å². The lowest BCUT2D eigenvalue weighted by atomic mass is 10.3. The Balaban J connectivity index is 1.62. The van der Waals surface area contributed by atoms with Crippen molar-refractivity contribution in [2.45, 2.75) is 18.7 Å². The van der Waals surface area contributed by atoms with Crippen LogP contribution in [0.3, 0.4) is 0 Å². The number of aryl methyl sites for hydroxylation is 2. The van der Waals surface area contributed by atoms with Gasteiger partial charge in [0.25, 0.3) is 0 Å². The number of benzene rings is 1. The van der Waals surface area contributed by atoms with Gasteiger partial charge in [0.05, 0.1) is 12.0 Å². The van der Waals surface area contributed by atoms with Gasteiger partial charge in [-0.3, -0.25) is 4.57 Å². The SMILES string of the molecule is COc1ccc(S(=O)(=O)NCCNc2cc(-n3ccnc3C)nc(C)n2)cc1F. The highest BCUT2D eigenvalue weighted by Gasteiger charge is 2.16. The van der Waals surface area contributed by atoms with Crippen LogP contribution in [-0.4, -0.2) is 48.1 Å². The van der Waals surface area contributed by atoms with Gasteiger partial charge >= 0.3 is 0 Å². The number of imidazole rings is 1. The minimum Gasteiger partial charge on any atom is -0.494 e. The van der Waals surface area contributed by atoms with E-state index in [2.05, 4.69) is 25.0 Å². The van der Waals surface area contributed by atoms with Gasteiger partial charge in [0, 0.05) is 31.5 Å². The number of methoxy groups -OCH3 is 1. The highest BCUT2D eigenvalue weighted by atomic mass is 32.2. The second-order valence-electron chi connectivity index (χ2n) is 6.12. The number of sulfonamides is 1. The van der Waals surface area contributed by atoms with Crippen LogP contribution >= 0.6 is 0 Å². The van der Waals surface area contributed by atoms with Crippen LogP contribution in [0.2, 0.25) is 0 Å². The summed E-state index contributed by atoms with van der Waals surface area (Å²) in [5, 5.41) is 3.06. The van der Waals surface area contributed by atoms with Gasteiger partial charge in [-0.2, -0.15) is 0 Å². The molecule has 0 spiro atoms. The molecule has 1 aromatic carbocycles. The molecule has 0 aliphatic carbocycles. The number of anilines is 1. The second kappa shape index (κ2) is 8.53. The highest BCUT2D eigenvalue weighted by molar-refractivity contribution is 7.89. The number of halogens is 1. The Hall–Kier alpha value is -3.05. The van der Waals surface area contributed by atoms with E-state index in [9.17, 15) is 12.8 Å². The molecular weight excluding hydrogens is 399 g/mol. The third-order valence-electron chi connectivity index (χ3n) is 4.05. The molecule has 0 atom stereocenters. The van der Waals surface area contributed by atoms with Crippen LogP contribution in [0.1, 0.15) is 11.6 Å². The molecule has 2 N–H and O–H groups in total. The smallest absolute Gasteiger partial charge is 0.240 e. The van der Waals surface area contributed by atoms with E-state index >= 15 is 0 Å². The summed E-state index contributed by atoms with van der Waals surface area (Å²) in [5.41, 5.74) is 0. The number of ether oxygens (including phenoxy) is 1. The summed E-state index contributed by atoms with van der Waals surface area (Å²) in [5.74, 6) is 1.79. The molecule has 0 saturated heterocycles. The fraction of sp³-hybridized carbons (Fsp3) is 0.278. The molecule has 29 heavy (non-hydrogen) atoms. The van der Waals surface area contributed by atoms with Gasteiger partial charge in [-0.25, -0.2) is 32.5 Å². The van der Waals surface area contributed by atoms with Crippen molar-refractivity contribution in [1.29, 1.82) is 0 Å². The molecule has 0 aliphatic heterocycles. The molecule has 0 bridgehead atoms. The zero-order valence-electron chi connectivity index (χ0n) is 16.2. The van der Waals surface area contributed by atoms with Crippen LogP contribution in [0.25, 0.3) is 5.82 Å². The average Bonchev–Trinajstić information content (AvgIpc) is 3.11. The third-order valence-corrected chi connectivity index (χ3v) is 5.51. The average molecular weight is 420 g/mol. The van der Waals surface area contributed by atoms with Gasteiger partial charge in [-0.1, -0.05) is 0 Å². The van der Waals surface area contributed by atoms with Crippen molar-refractivity contribution in [2.24, 2.45) is 0 Å². The fourth-order valence-corrected chi connectivity index (χ4v) is 3.70. The molecular formula is C18H21FN6O3S. The number of hydrogen-bond acceptors (Lipinski definition) is 7. The highest BCUT2D eigenvalue weighted by Crippen LogP contribution is 2.20. The van der Waals surface area contributed by atoms with Crippen molar-refractivity contribution in [3.8, 4) is 11.6 Å². The van der Waals surface area contributed by atoms with Gasteiger partial charge in [-0.05, 0) is 32.0 Å². The zero-order chi connectivity index (χ0) is 21.0. The molecule has 0 aliphatic rings. The van der Waals surface area contributed by atoms with E-state index < -0.39 is 15.8 Å². The van der Waals surface area contributed by atoms with Crippen molar-refractivity contribution >= 4 is 15.8 Å². The number of hydrogen-bond donors (Lipinski definition) is 2. The van der Waals surface area contributed by atoms with Gasteiger partial charge in [0.2, 0.25) is 10.0 Å². The van der Waals surface area contributed by atoms with Gasteiger partial charge in [0.1, 0.15) is 23.3 Å². The minimum absolute atomic E-state index is 0.0197. The van der Waals surface area contributed by atoms with E-state index in [-0.39, 0.29) is 23.7 Å². The molecule has 11 heteroatoms. The van der Waals surface area contributed by atoms with Gasteiger partial charge < -0.3 is 10.1 Å². The molecule has 0 amide bonds. The van der Waals surface area contributed by atoms with E-state index in [1.54, 1.807) is 25.4 Å². The fourth-order valence-electron chi connectivity index (χ4n) is 2.66. The first-order chi connectivity index (χ1) is 13.8. The van der Waals surface area contributed by atoms with Crippen molar-refractivity contribution in [3.63, 3.8) is 0 Å². The Bertz CT molecular complexity index is 1120. The second-order valence-corrected chi connectivity index (χ2v) is 7.89. The van der Waals surface area contributed by atoms with Crippen LogP contribution in [0, 0.1) is 19.7 Å². The molecule has 0 unspecified atom stereocenters. The van der Waals surface area contributed by atoms with Crippen molar-refractivity contribution in [1.82, 2.24) is 24.2 Å². The summed E-state index contributed by atoms with van der Waals surface area (Å²) in [6.07, 6.45) is 3.47. The first-order valence-electron chi connectivity index (χ1n) is 8.73. The Morgan fingerprint density at radius 2 is 1.97 bits per heavy atom. The van der Waals surface area contributed by atoms with E-state index in [1.165, 1.54) is 19.2 Å². The Morgan fingerprint density at radius 3 is 2.62 bits per heavy atom. The molecule has 0 radical (unpaired) electrons. The largest absolute Gasteiger partial charge is 0.494 e. The first kappa shape index (κ1) is 20.7. The lowest BCUT2D eigenvalue weighted by molar-refractivity contribution is 0.385. The quantitative estimate of drug-likeness (QED) is 0.535. The summed E-state index contributed by atoms with van der Waals surface area (Å²) in [6.45, 7) is 3.98. The lowest BCUT2D eigenvalue weighted by Crippen LogP contribution is -2.29. The van der Waals surface area contributed by atoms with E-state index in [1.807, 2.05) is 11.5 Å².